The van der Waals surface area contributed by atoms with E-state index in [1.165, 1.54) is 12.8 Å². The predicted molar refractivity (Wildman–Crippen MR) is 48.2 cm³/mol. The van der Waals surface area contributed by atoms with E-state index in [1.54, 1.807) is 0 Å². The van der Waals surface area contributed by atoms with Crippen molar-refractivity contribution in [3.63, 3.8) is 0 Å². The number of hydrogen-bond acceptors (Lipinski definition) is 4. The minimum atomic E-state index is 0.702. The number of aromatic nitrogens is 2. The van der Waals surface area contributed by atoms with E-state index in [0.717, 1.165) is 31.1 Å². The Bertz CT molecular complexity index is 268. The van der Waals surface area contributed by atoms with Gasteiger partial charge in [-0.3, -0.25) is 0 Å². The first-order valence-electron chi connectivity index (χ1n) is 4.93. The molecule has 1 aromatic heterocycles. The first-order valence-corrected chi connectivity index (χ1v) is 4.93. The highest BCUT2D eigenvalue weighted by atomic mass is 16.5. The number of rotatable bonds is 5. The van der Waals surface area contributed by atoms with Gasteiger partial charge >= 0.3 is 0 Å². The third-order valence-corrected chi connectivity index (χ3v) is 2.10. The molecule has 1 N–H and O–H groups in total. The van der Waals surface area contributed by atoms with E-state index >= 15 is 0 Å². The van der Waals surface area contributed by atoms with Crippen molar-refractivity contribution in [2.45, 2.75) is 45.2 Å². The quantitative estimate of drug-likeness (QED) is 0.743. The zero-order valence-electron chi connectivity index (χ0n) is 7.92. The molecule has 0 aliphatic heterocycles. The van der Waals surface area contributed by atoms with Gasteiger partial charge in [0.2, 0.25) is 5.89 Å². The van der Waals surface area contributed by atoms with Gasteiger partial charge in [-0.1, -0.05) is 12.1 Å². The summed E-state index contributed by atoms with van der Waals surface area (Å²) in [5.41, 5.74) is 0. The van der Waals surface area contributed by atoms with E-state index in [0.29, 0.717) is 6.04 Å². The van der Waals surface area contributed by atoms with Crippen LogP contribution in [-0.2, 0) is 13.0 Å². The van der Waals surface area contributed by atoms with E-state index in [1.807, 2.05) is 0 Å². The fraction of sp³-hybridized carbons (Fsp3) is 0.778. The summed E-state index contributed by atoms with van der Waals surface area (Å²) in [5, 5.41) is 7.23. The van der Waals surface area contributed by atoms with Gasteiger partial charge < -0.3 is 9.84 Å². The molecular weight excluding hydrogens is 166 g/mol. The highest BCUT2D eigenvalue weighted by Crippen LogP contribution is 2.18. The molecular formula is C9H15N3O. The van der Waals surface area contributed by atoms with Crippen molar-refractivity contribution in [2.24, 2.45) is 0 Å². The van der Waals surface area contributed by atoms with Gasteiger partial charge in [0, 0.05) is 12.5 Å². The highest BCUT2D eigenvalue weighted by Gasteiger charge is 2.20. The van der Waals surface area contributed by atoms with Gasteiger partial charge in [-0.2, -0.15) is 4.98 Å². The van der Waals surface area contributed by atoms with Crippen LogP contribution in [0.2, 0.25) is 0 Å². The molecule has 4 nitrogen and oxygen atoms in total. The summed E-state index contributed by atoms with van der Waals surface area (Å²) in [5.74, 6) is 1.55. The molecule has 1 aliphatic carbocycles. The predicted octanol–water partition coefficient (Wildman–Crippen LogP) is 1.27. The molecule has 4 heteroatoms. The second-order valence-electron chi connectivity index (χ2n) is 3.51. The molecule has 0 bridgehead atoms. The van der Waals surface area contributed by atoms with Crippen LogP contribution in [0.3, 0.4) is 0 Å². The lowest BCUT2D eigenvalue weighted by Gasteiger charge is -1.94. The van der Waals surface area contributed by atoms with Crippen molar-refractivity contribution >= 4 is 0 Å². The van der Waals surface area contributed by atoms with Crippen molar-refractivity contribution in [3.05, 3.63) is 11.7 Å². The van der Waals surface area contributed by atoms with Crippen LogP contribution in [0, 0.1) is 0 Å². The first-order chi connectivity index (χ1) is 6.38. The summed E-state index contributed by atoms with van der Waals surface area (Å²) in [4.78, 5) is 4.26. The largest absolute Gasteiger partial charge is 0.339 e. The molecule has 1 aromatic rings. The third-order valence-electron chi connectivity index (χ3n) is 2.10. The maximum Gasteiger partial charge on any atom is 0.226 e. The Morgan fingerprint density at radius 2 is 2.38 bits per heavy atom. The lowest BCUT2D eigenvalue weighted by molar-refractivity contribution is 0.370. The van der Waals surface area contributed by atoms with E-state index in [2.05, 4.69) is 22.4 Å². The van der Waals surface area contributed by atoms with Crippen LogP contribution in [0.5, 0.6) is 0 Å². The Kier molecular flexibility index (Phi) is 2.59. The van der Waals surface area contributed by atoms with Crippen molar-refractivity contribution in [3.8, 4) is 0 Å². The third kappa shape index (κ3) is 2.52. The number of nitrogens with zero attached hydrogens (tertiary/aromatic N) is 2. The van der Waals surface area contributed by atoms with Gasteiger partial charge in [-0.25, -0.2) is 0 Å². The van der Waals surface area contributed by atoms with Crippen molar-refractivity contribution in [1.82, 2.24) is 15.5 Å². The van der Waals surface area contributed by atoms with Crippen LogP contribution in [0.1, 0.15) is 37.9 Å². The van der Waals surface area contributed by atoms with Crippen LogP contribution in [-0.4, -0.2) is 16.2 Å². The summed E-state index contributed by atoms with van der Waals surface area (Å²) in [6.07, 6.45) is 4.52. The zero-order chi connectivity index (χ0) is 9.10. The average molecular weight is 181 g/mol. The second kappa shape index (κ2) is 3.87. The SMILES string of the molecule is CCCc1nc(CNC2CC2)no1. The summed E-state index contributed by atoms with van der Waals surface area (Å²) in [6.45, 7) is 2.85. The Morgan fingerprint density at radius 3 is 3.08 bits per heavy atom. The maximum atomic E-state index is 5.06. The zero-order valence-corrected chi connectivity index (χ0v) is 7.92. The van der Waals surface area contributed by atoms with Gasteiger partial charge in [0.25, 0.3) is 0 Å². The van der Waals surface area contributed by atoms with Crippen molar-refractivity contribution in [2.75, 3.05) is 0 Å². The molecule has 0 radical (unpaired) electrons. The standard InChI is InChI=1S/C9H15N3O/c1-2-3-9-11-8(12-13-9)6-10-7-4-5-7/h7,10H,2-6H2,1H3. The van der Waals surface area contributed by atoms with E-state index in [9.17, 15) is 0 Å². The Hall–Kier alpha value is -0.900. The van der Waals surface area contributed by atoms with Crippen LogP contribution < -0.4 is 5.32 Å². The van der Waals surface area contributed by atoms with Gasteiger partial charge in [-0.05, 0) is 19.3 Å². The lowest BCUT2D eigenvalue weighted by Crippen LogP contribution is -2.16. The molecule has 72 valence electrons. The molecule has 1 aliphatic rings. The topological polar surface area (TPSA) is 51.0 Å². The Morgan fingerprint density at radius 1 is 1.54 bits per heavy atom. The highest BCUT2D eigenvalue weighted by molar-refractivity contribution is 4.89. The summed E-state index contributed by atoms with van der Waals surface area (Å²) in [7, 11) is 0. The lowest BCUT2D eigenvalue weighted by atomic mass is 10.3. The van der Waals surface area contributed by atoms with E-state index < -0.39 is 0 Å². The number of aryl methyl sites for hydroxylation is 1. The molecule has 0 amide bonds. The molecule has 1 fully saturated rings. The minimum Gasteiger partial charge on any atom is -0.339 e. The number of hydrogen-bond donors (Lipinski definition) is 1. The smallest absolute Gasteiger partial charge is 0.226 e. The fourth-order valence-corrected chi connectivity index (χ4v) is 1.20. The van der Waals surface area contributed by atoms with Gasteiger partial charge in [0.1, 0.15) is 0 Å². The van der Waals surface area contributed by atoms with Gasteiger partial charge in [0.05, 0.1) is 6.54 Å². The normalized spacial score (nSPS) is 16.4. The minimum absolute atomic E-state index is 0.702. The molecule has 1 saturated carbocycles. The summed E-state index contributed by atoms with van der Waals surface area (Å²) >= 11 is 0. The maximum absolute atomic E-state index is 5.06. The Balaban J connectivity index is 1.81. The molecule has 2 rings (SSSR count). The van der Waals surface area contributed by atoms with Crippen molar-refractivity contribution in [1.29, 1.82) is 0 Å². The molecule has 0 aromatic carbocycles. The van der Waals surface area contributed by atoms with Gasteiger partial charge in [0.15, 0.2) is 5.82 Å². The van der Waals surface area contributed by atoms with Crippen LogP contribution >= 0.6 is 0 Å². The van der Waals surface area contributed by atoms with E-state index in [4.69, 9.17) is 4.52 Å². The molecule has 13 heavy (non-hydrogen) atoms. The van der Waals surface area contributed by atoms with Gasteiger partial charge in [-0.15, -0.1) is 0 Å². The molecule has 1 heterocycles. The molecule has 0 atom stereocenters. The van der Waals surface area contributed by atoms with Crippen molar-refractivity contribution < 1.29 is 4.52 Å². The van der Waals surface area contributed by atoms with Crippen LogP contribution in [0.4, 0.5) is 0 Å². The van der Waals surface area contributed by atoms with E-state index in [-0.39, 0.29) is 0 Å². The number of nitrogens with one attached hydrogen (secondary N) is 1. The molecule has 0 unspecified atom stereocenters. The monoisotopic (exact) mass is 181 g/mol. The summed E-state index contributed by atoms with van der Waals surface area (Å²) < 4.78 is 5.06. The molecule has 0 saturated heterocycles. The van der Waals surface area contributed by atoms with Crippen LogP contribution in [0.15, 0.2) is 4.52 Å². The fourth-order valence-electron chi connectivity index (χ4n) is 1.20. The first kappa shape index (κ1) is 8.69. The summed E-state index contributed by atoms with van der Waals surface area (Å²) in [6, 6.07) is 0.702. The average Bonchev–Trinajstić information content (AvgIpc) is 2.85. The molecule has 0 spiro atoms. The Labute approximate surface area is 77.7 Å². The second-order valence-corrected chi connectivity index (χ2v) is 3.51. The van der Waals surface area contributed by atoms with Crippen LogP contribution in [0.25, 0.3) is 0 Å².